The van der Waals surface area contributed by atoms with Gasteiger partial charge in [0.15, 0.2) is 0 Å². The van der Waals surface area contributed by atoms with Crippen LogP contribution in [0.1, 0.15) is 30.0 Å². The van der Waals surface area contributed by atoms with Gasteiger partial charge >= 0.3 is 0 Å². The van der Waals surface area contributed by atoms with Crippen LogP contribution in [0.15, 0.2) is 29.4 Å². The van der Waals surface area contributed by atoms with Gasteiger partial charge in [-0.2, -0.15) is 0 Å². The summed E-state index contributed by atoms with van der Waals surface area (Å²) in [5.74, 6) is 0.324. The van der Waals surface area contributed by atoms with Crippen molar-refractivity contribution in [2.75, 3.05) is 5.75 Å². The van der Waals surface area contributed by atoms with E-state index in [4.69, 9.17) is 0 Å². The van der Waals surface area contributed by atoms with Gasteiger partial charge in [0.1, 0.15) is 0 Å². The summed E-state index contributed by atoms with van der Waals surface area (Å²) >= 11 is 1.38. The summed E-state index contributed by atoms with van der Waals surface area (Å²) in [6.45, 7) is 2.59. The van der Waals surface area contributed by atoms with Crippen molar-refractivity contribution in [1.82, 2.24) is 25.5 Å². The Kier molecular flexibility index (Phi) is 4.19. The Morgan fingerprint density at radius 3 is 2.86 bits per heavy atom. The van der Waals surface area contributed by atoms with Crippen LogP contribution >= 0.6 is 11.8 Å². The summed E-state index contributed by atoms with van der Waals surface area (Å²) in [5, 5.41) is 15.2. The lowest BCUT2D eigenvalue weighted by Gasteiger charge is -2.05. The number of carbonyl (C=O) groups is 1. The SMILES string of the molecule is Cc1ccc(CNC(=O)CSc2nnnn2C2CC2)cc1. The number of hydrogen-bond acceptors (Lipinski definition) is 5. The van der Waals surface area contributed by atoms with E-state index in [9.17, 15) is 4.79 Å². The van der Waals surface area contributed by atoms with Crippen LogP contribution in [-0.2, 0) is 11.3 Å². The minimum absolute atomic E-state index is 0.00841. The predicted molar refractivity (Wildman–Crippen MR) is 79.8 cm³/mol. The Hall–Kier alpha value is -1.89. The Morgan fingerprint density at radius 2 is 2.14 bits per heavy atom. The lowest BCUT2D eigenvalue weighted by atomic mass is 10.1. The average Bonchev–Trinajstić information content (AvgIpc) is 3.23. The molecule has 3 rings (SSSR count). The number of carbonyl (C=O) groups excluding carboxylic acids is 1. The van der Waals surface area contributed by atoms with Crippen molar-refractivity contribution in [2.24, 2.45) is 0 Å². The molecule has 7 heteroatoms. The quantitative estimate of drug-likeness (QED) is 0.823. The van der Waals surface area contributed by atoms with Crippen molar-refractivity contribution in [3.63, 3.8) is 0 Å². The van der Waals surface area contributed by atoms with Gasteiger partial charge in [-0.1, -0.05) is 41.6 Å². The van der Waals surface area contributed by atoms with Gasteiger partial charge in [0.2, 0.25) is 11.1 Å². The molecule has 1 N–H and O–H groups in total. The van der Waals surface area contributed by atoms with Crippen LogP contribution in [0.3, 0.4) is 0 Å². The second-order valence-corrected chi connectivity index (χ2v) is 6.13. The molecule has 0 saturated heterocycles. The van der Waals surface area contributed by atoms with Gasteiger partial charge in [-0.3, -0.25) is 4.79 Å². The van der Waals surface area contributed by atoms with Gasteiger partial charge in [-0.25, -0.2) is 4.68 Å². The molecule has 1 amide bonds. The monoisotopic (exact) mass is 303 g/mol. The molecule has 2 aromatic rings. The molecule has 0 aliphatic heterocycles. The van der Waals surface area contributed by atoms with E-state index in [0.29, 0.717) is 18.3 Å². The molecule has 0 bridgehead atoms. The standard InChI is InChI=1S/C14H17N5OS/c1-10-2-4-11(5-3-10)8-15-13(20)9-21-14-16-17-18-19(14)12-6-7-12/h2-5,12H,6-9H2,1H3,(H,15,20). The van der Waals surface area contributed by atoms with Crippen LogP contribution in [0.4, 0.5) is 0 Å². The molecule has 0 spiro atoms. The highest BCUT2D eigenvalue weighted by molar-refractivity contribution is 7.99. The topological polar surface area (TPSA) is 72.7 Å². The fraction of sp³-hybridized carbons (Fsp3) is 0.429. The summed E-state index contributed by atoms with van der Waals surface area (Å²) in [5.41, 5.74) is 2.31. The van der Waals surface area contributed by atoms with Gasteiger partial charge in [0.25, 0.3) is 0 Å². The highest BCUT2D eigenvalue weighted by Gasteiger charge is 2.28. The Morgan fingerprint density at radius 1 is 1.38 bits per heavy atom. The third-order valence-corrected chi connectivity index (χ3v) is 4.23. The molecule has 110 valence electrons. The molecule has 1 aliphatic rings. The molecular weight excluding hydrogens is 286 g/mol. The molecule has 1 aromatic heterocycles. The first-order valence-corrected chi connectivity index (χ1v) is 7.94. The van der Waals surface area contributed by atoms with E-state index in [1.54, 1.807) is 0 Å². The minimum Gasteiger partial charge on any atom is -0.351 e. The number of nitrogens with one attached hydrogen (secondary N) is 1. The average molecular weight is 303 g/mol. The number of benzene rings is 1. The molecular formula is C14H17N5OS. The molecule has 1 aliphatic carbocycles. The summed E-state index contributed by atoms with van der Waals surface area (Å²) in [4.78, 5) is 11.9. The third kappa shape index (κ3) is 3.81. The largest absolute Gasteiger partial charge is 0.351 e. The smallest absolute Gasteiger partial charge is 0.230 e. The maximum absolute atomic E-state index is 11.9. The minimum atomic E-state index is -0.00841. The van der Waals surface area contributed by atoms with Crippen LogP contribution in [0.5, 0.6) is 0 Å². The number of hydrogen-bond donors (Lipinski definition) is 1. The van der Waals surface area contributed by atoms with E-state index in [1.807, 2.05) is 35.9 Å². The number of rotatable bonds is 6. The maximum Gasteiger partial charge on any atom is 0.230 e. The number of nitrogens with zero attached hydrogens (tertiary/aromatic N) is 4. The molecule has 0 atom stereocenters. The van der Waals surface area contributed by atoms with Crippen molar-refractivity contribution in [1.29, 1.82) is 0 Å². The van der Waals surface area contributed by atoms with E-state index in [2.05, 4.69) is 20.8 Å². The second-order valence-electron chi connectivity index (χ2n) is 5.19. The number of amides is 1. The van der Waals surface area contributed by atoms with Crippen LogP contribution < -0.4 is 5.32 Å². The van der Waals surface area contributed by atoms with Crippen LogP contribution in [-0.4, -0.2) is 31.9 Å². The van der Waals surface area contributed by atoms with Crippen molar-refractivity contribution < 1.29 is 4.79 Å². The number of aromatic nitrogens is 4. The van der Waals surface area contributed by atoms with Crippen molar-refractivity contribution in [3.8, 4) is 0 Å². The molecule has 0 unspecified atom stereocenters. The lowest BCUT2D eigenvalue weighted by Crippen LogP contribution is -2.24. The molecule has 1 aromatic carbocycles. The van der Waals surface area contributed by atoms with E-state index >= 15 is 0 Å². The van der Waals surface area contributed by atoms with Crippen LogP contribution in [0.2, 0.25) is 0 Å². The van der Waals surface area contributed by atoms with Gasteiger partial charge < -0.3 is 5.32 Å². The van der Waals surface area contributed by atoms with Crippen molar-refractivity contribution >= 4 is 17.7 Å². The Balaban J connectivity index is 1.45. The third-order valence-electron chi connectivity index (χ3n) is 3.30. The van der Waals surface area contributed by atoms with Crippen molar-refractivity contribution in [3.05, 3.63) is 35.4 Å². The zero-order valence-corrected chi connectivity index (χ0v) is 12.6. The van der Waals surface area contributed by atoms with E-state index in [-0.39, 0.29) is 5.91 Å². The highest BCUT2D eigenvalue weighted by atomic mass is 32.2. The lowest BCUT2D eigenvalue weighted by molar-refractivity contribution is -0.118. The normalized spacial score (nSPS) is 14.1. The highest BCUT2D eigenvalue weighted by Crippen LogP contribution is 2.36. The maximum atomic E-state index is 11.9. The van der Waals surface area contributed by atoms with Crippen LogP contribution in [0.25, 0.3) is 0 Å². The summed E-state index contributed by atoms with van der Waals surface area (Å²) in [7, 11) is 0. The van der Waals surface area contributed by atoms with E-state index < -0.39 is 0 Å². The second kappa shape index (κ2) is 6.26. The molecule has 1 fully saturated rings. The van der Waals surface area contributed by atoms with Gasteiger partial charge in [-0.15, -0.1) is 5.10 Å². The van der Waals surface area contributed by atoms with Gasteiger partial charge in [-0.05, 0) is 35.8 Å². The van der Waals surface area contributed by atoms with Gasteiger partial charge in [0, 0.05) is 6.54 Å². The number of thioether (sulfide) groups is 1. The zero-order valence-electron chi connectivity index (χ0n) is 11.8. The Bertz CT molecular complexity index is 621. The molecule has 1 saturated carbocycles. The summed E-state index contributed by atoms with van der Waals surface area (Å²) < 4.78 is 1.82. The molecule has 0 radical (unpaired) electrons. The van der Waals surface area contributed by atoms with Gasteiger partial charge in [0.05, 0.1) is 11.8 Å². The molecule has 21 heavy (non-hydrogen) atoms. The summed E-state index contributed by atoms with van der Waals surface area (Å²) in [6, 6.07) is 8.56. The first-order valence-electron chi connectivity index (χ1n) is 6.95. The summed E-state index contributed by atoms with van der Waals surface area (Å²) in [6.07, 6.45) is 2.25. The predicted octanol–water partition coefficient (Wildman–Crippen LogP) is 1.72. The van der Waals surface area contributed by atoms with Crippen molar-refractivity contribution in [2.45, 2.75) is 37.5 Å². The number of aryl methyl sites for hydroxylation is 1. The fourth-order valence-corrected chi connectivity index (χ4v) is 2.69. The molecule has 6 nitrogen and oxygen atoms in total. The zero-order chi connectivity index (χ0) is 14.7. The fourth-order valence-electron chi connectivity index (χ4n) is 1.92. The van der Waals surface area contributed by atoms with Crippen LogP contribution in [0, 0.1) is 6.92 Å². The first-order chi connectivity index (χ1) is 10.2. The van der Waals surface area contributed by atoms with E-state index in [1.165, 1.54) is 17.3 Å². The molecule has 1 heterocycles. The number of tetrazole rings is 1. The van der Waals surface area contributed by atoms with E-state index in [0.717, 1.165) is 23.6 Å². The Labute approximate surface area is 127 Å². The first kappa shape index (κ1) is 14.1.